The summed E-state index contributed by atoms with van der Waals surface area (Å²) in [5.41, 5.74) is -0.570. The van der Waals surface area contributed by atoms with Crippen LogP contribution in [-0.2, 0) is 32.5 Å². The van der Waals surface area contributed by atoms with Gasteiger partial charge in [0.2, 0.25) is 17.7 Å². The van der Waals surface area contributed by atoms with Crippen molar-refractivity contribution in [3.63, 3.8) is 0 Å². The number of hydrogen-bond donors (Lipinski definition) is 1. The fourth-order valence-electron chi connectivity index (χ4n) is 4.91. The molecular formula is C26H22F3N3O4S2. The van der Waals surface area contributed by atoms with Crippen molar-refractivity contribution in [2.75, 3.05) is 10.2 Å². The van der Waals surface area contributed by atoms with Crippen molar-refractivity contribution in [1.29, 1.82) is 0 Å². The van der Waals surface area contributed by atoms with Crippen molar-refractivity contribution in [3.8, 4) is 0 Å². The molecule has 198 valence electrons. The summed E-state index contributed by atoms with van der Waals surface area (Å²) in [7, 11) is 0. The molecule has 3 heterocycles. The third-order valence-electron chi connectivity index (χ3n) is 6.74. The quantitative estimate of drug-likeness (QED) is 0.462. The SMILES string of the molecule is Cc1cccc(NC(=O)Cn2c3c(sc2=O)C(C)(C)[C@H]2C(=O)N(c4cccc(C(F)(F)F)c4)C(=O)[C@H]2S3)c1. The number of aromatic nitrogens is 1. The van der Waals surface area contributed by atoms with Gasteiger partial charge in [0.1, 0.15) is 11.8 Å². The van der Waals surface area contributed by atoms with Crippen LogP contribution in [0.5, 0.6) is 0 Å². The van der Waals surface area contributed by atoms with E-state index in [0.717, 1.165) is 51.8 Å². The molecule has 1 fully saturated rings. The summed E-state index contributed by atoms with van der Waals surface area (Å²) in [6, 6.07) is 11.3. The van der Waals surface area contributed by atoms with Gasteiger partial charge < -0.3 is 5.32 Å². The average Bonchev–Trinajstić information content (AvgIpc) is 3.27. The first-order valence-corrected chi connectivity index (χ1v) is 13.3. The van der Waals surface area contributed by atoms with Crippen LogP contribution in [0.3, 0.4) is 0 Å². The molecule has 0 bridgehead atoms. The second-order valence-electron chi connectivity index (χ2n) is 9.80. The predicted molar refractivity (Wildman–Crippen MR) is 138 cm³/mol. The van der Waals surface area contributed by atoms with Crippen LogP contribution in [0, 0.1) is 12.8 Å². The molecule has 12 heteroatoms. The average molecular weight is 562 g/mol. The number of hydrogen-bond acceptors (Lipinski definition) is 6. The van der Waals surface area contributed by atoms with Crippen LogP contribution in [-0.4, -0.2) is 27.5 Å². The van der Waals surface area contributed by atoms with Crippen molar-refractivity contribution in [2.24, 2.45) is 5.92 Å². The molecule has 0 spiro atoms. The van der Waals surface area contributed by atoms with Gasteiger partial charge in [-0.15, -0.1) is 0 Å². The summed E-state index contributed by atoms with van der Waals surface area (Å²) >= 11 is 1.91. The van der Waals surface area contributed by atoms with Gasteiger partial charge in [0.25, 0.3) is 0 Å². The van der Waals surface area contributed by atoms with E-state index in [2.05, 4.69) is 5.32 Å². The number of imide groups is 1. The minimum Gasteiger partial charge on any atom is -0.325 e. The molecule has 5 rings (SSSR count). The summed E-state index contributed by atoms with van der Waals surface area (Å²) in [6.45, 7) is 5.06. The monoisotopic (exact) mass is 561 g/mol. The number of rotatable bonds is 4. The number of amides is 3. The Hall–Kier alpha value is -3.38. The molecule has 38 heavy (non-hydrogen) atoms. The summed E-state index contributed by atoms with van der Waals surface area (Å²) < 4.78 is 41.2. The molecule has 0 unspecified atom stereocenters. The lowest BCUT2D eigenvalue weighted by molar-refractivity contribution is -0.137. The number of thioether (sulfide) groups is 1. The Balaban J connectivity index is 1.47. The van der Waals surface area contributed by atoms with Gasteiger partial charge in [-0.1, -0.05) is 55.1 Å². The largest absolute Gasteiger partial charge is 0.416 e. The fourth-order valence-corrected chi connectivity index (χ4v) is 7.95. The zero-order valence-corrected chi connectivity index (χ0v) is 22.1. The normalized spacial score (nSPS) is 20.3. The van der Waals surface area contributed by atoms with Gasteiger partial charge in [0.05, 0.1) is 22.2 Å². The highest BCUT2D eigenvalue weighted by Gasteiger charge is 2.59. The lowest BCUT2D eigenvalue weighted by Gasteiger charge is -2.36. The van der Waals surface area contributed by atoms with Crippen molar-refractivity contribution in [1.82, 2.24) is 4.57 Å². The molecule has 1 saturated heterocycles. The zero-order chi connectivity index (χ0) is 27.6. The van der Waals surface area contributed by atoms with Gasteiger partial charge >= 0.3 is 11.0 Å². The van der Waals surface area contributed by atoms with Crippen LogP contribution >= 0.6 is 23.1 Å². The molecule has 0 saturated carbocycles. The number of alkyl halides is 3. The van der Waals surface area contributed by atoms with Crippen molar-refractivity contribution in [3.05, 3.63) is 74.2 Å². The molecule has 1 N–H and O–H groups in total. The number of halogens is 3. The van der Waals surface area contributed by atoms with E-state index < -0.39 is 50.9 Å². The van der Waals surface area contributed by atoms with Gasteiger partial charge in [-0.3, -0.25) is 23.7 Å². The third kappa shape index (κ3) is 4.35. The van der Waals surface area contributed by atoms with Gasteiger partial charge in [-0.2, -0.15) is 13.2 Å². The molecule has 2 aromatic carbocycles. The smallest absolute Gasteiger partial charge is 0.325 e. The summed E-state index contributed by atoms with van der Waals surface area (Å²) in [5.74, 6) is -2.60. The van der Waals surface area contributed by atoms with Crippen molar-refractivity contribution >= 4 is 52.2 Å². The lowest BCUT2D eigenvalue weighted by atomic mass is 9.76. The van der Waals surface area contributed by atoms with E-state index in [4.69, 9.17) is 0 Å². The van der Waals surface area contributed by atoms with Gasteiger partial charge in [-0.05, 0) is 42.8 Å². The van der Waals surface area contributed by atoms with E-state index in [1.807, 2.05) is 13.0 Å². The number of anilines is 2. The first-order valence-electron chi connectivity index (χ1n) is 11.6. The number of fused-ring (bicyclic) bond motifs is 2. The fraction of sp³-hybridized carbons (Fsp3) is 0.308. The number of nitrogens with one attached hydrogen (secondary N) is 1. The van der Waals surface area contributed by atoms with Gasteiger partial charge in [0.15, 0.2) is 0 Å². The molecule has 0 aliphatic carbocycles. The van der Waals surface area contributed by atoms with E-state index >= 15 is 0 Å². The summed E-state index contributed by atoms with van der Waals surface area (Å²) in [6.07, 6.45) is -4.64. The van der Waals surface area contributed by atoms with E-state index in [9.17, 15) is 32.3 Å². The minimum atomic E-state index is -4.64. The predicted octanol–water partition coefficient (Wildman–Crippen LogP) is 4.82. The first-order chi connectivity index (χ1) is 17.8. The molecule has 7 nitrogen and oxygen atoms in total. The number of carbonyl (C=O) groups is 3. The van der Waals surface area contributed by atoms with Crippen LogP contribution in [0.1, 0.15) is 29.9 Å². The molecule has 2 aliphatic heterocycles. The van der Waals surface area contributed by atoms with Crippen molar-refractivity contribution in [2.45, 2.75) is 49.2 Å². The van der Waals surface area contributed by atoms with Crippen LogP contribution < -0.4 is 15.1 Å². The highest BCUT2D eigenvalue weighted by Crippen LogP contribution is 2.54. The standard InChI is InChI=1S/C26H22F3N3O4S2/c1-13-6-4-8-15(10-13)30-17(33)12-31-23-20(38-24(31)36)25(2,3)18-19(37-23)22(35)32(21(18)34)16-9-5-7-14(11-16)26(27,28)29/h4-11,18-19H,12H2,1-3H3,(H,30,33)/t18-,19+/m1/s1. The maximum atomic E-state index is 13.5. The Bertz CT molecular complexity index is 1540. The highest BCUT2D eigenvalue weighted by molar-refractivity contribution is 8.00. The van der Waals surface area contributed by atoms with Crippen LogP contribution in [0.15, 0.2) is 58.4 Å². The van der Waals surface area contributed by atoms with E-state index in [1.165, 1.54) is 10.6 Å². The minimum absolute atomic E-state index is 0.154. The number of thiazole rings is 1. The second kappa shape index (κ2) is 9.12. The topological polar surface area (TPSA) is 88.5 Å². The zero-order valence-electron chi connectivity index (χ0n) is 20.5. The molecule has 1 aromatic heterocycles. The molecule has 3 amide bonds. The van der Waals surface area contributed by atoms with Gasteiger partial charge in [0, 0.05) is 16.0 Å². The number of nitrogens with zero attached hydrogens (tertiary/aromatic N) is 2. The number of carbonyl (C=O) groups excluding carboxylic acids is 3. The Morgan fingerprint density at radius 1 is 1.05 bits per heavy atom. The molecular weight excluding hydrogens is 539 g/mol. The summed E-state index contributed by atoms with van der Waals surface area (Å²) in [4.78, 5) is 53.7. The van der Waals surface area contributed by atoms with Crippen molar-refractivity contribution < 1.29 is 27.6 Å². The molecule has 2 atom stereocenters. The lowest BCUT2D eigenvalue weighted by Crippen LogP contribution is -2.42. The van der Waals surface area contributed by atoms with Crippen LogP contribution in [0.4, 0.5) is 24.5 Å². The Kier molecular flexibility index (Phi) is 6.30. The molecule has 0 radical (unpaired) electrons. The Labute approximate surface area is 223 Å². The van der Waals surface area contributed by atoms with E-state index in [-0.39, 0.29) is 12.2 Å². The maximum Gasteiger partial charge on any atom is 0.416 e. The molecule has 2 aliphatic rings. The Morgan fingerprint density at radius 3 is 2.45 bits per heavy atom. The van der Waals surface area contributed by atoms with Gasteiger partial charge in [-0.25, -0.2) is 4.90 Å². The summed E-state index contributed by atoms with van der Waals surface area (Å²) in [5, 5.41) is 2.22. The molecule has 3 aromatic rings. The number of aryl methyl sites for hydroxylation is 1. The second-order valence-corrected chi connectivity index (χ2v) is 11.9. The first kappa shape index (κ1) is 26.2. The Morgan fingerprint density at radius 2 is 1.76 bits per heavy atom. The van der Waals surface area contributed by atoms with Crippen LogP contribution in [0.2, 0.25) is 0 Å². The van der Waals surface area contributed by atoms with Crippen LogP contribution in [0.25, 0.3) is 0 Å². The number of benzene rings is 2. The maximum absolute atomic E-state index is 13.5. The highest BCUT2D eigenvalue weighted by atomic mass is 32.2. The van der Waals surface area contributed by atoms with E-state index in [1.54, 1.807) is 32.0 Å². The van der Waals surface area contributed by atoms with E-state index in [0.29, 0.717) is 15.6 Å². The third-order valence-corrected chi connectivity index (χ3v) is 9.56.